The summed E-state index contributed by atoms with van der Waals surface area (Å²) in [5.74, 6) is 0. The quantitative estimate of drug-likeness (QED) is 0.857. The molecular weight excluding hydrogens is 270 g/mol. The molecule has 0 amide bonds. The smallest absolute Gasteiger partial charge is 0.0762 e. The van der Waals surface area contributed by atoms with E-state index in [1.807, 2.05) is 16.8 Å². The topological polar surface area (TPSA) is 29.9 Å². The van der Waals surface area contributed by atoms with Gasteiger partial charge in [-0.05, 0) is 44.0 Å². The van der Waals surface area contributed by atoms with Crippen LogP contribution in [0.2, 0.25) is 5.02 Å². The van der Waals surface area contributed by atoms with Crippen LogP contribution in [0.3, 0.4) is 0 Å². The van der Waals surface area contributed by atoms with Crippen molar-refractivity contribution in [1.82, 2.24) is 15.1 Å². The van der Waals surface area contributed by atoms with Crippen LogP contribution in [0.5, 0.6) is 0 Å². The summed E-state index contributed by atoms with van der Waals surface area (Å²) >= 11 is 5.90. The fourth-order valence-electron chi connectivity index (χ4n) is 2.03. The summed E-state index contributed by atoms with van der Waals surface area (Å²) in [6.45, 7) is 7.27. The molecule has 0 radical (unpaired) electrons. The number of benzene rings is 1. The molecule has 1 N–H and O–H groups in total. The van der Waals surface area contributed by atoms with Crippen LogP contribution < -0.4 is 5.32 Å². The molecule has 0 saturated heterocycles. The number of hydrogen-bond donors (Lipinski definition) is 1. The maximum Gasteiger partial charge on any atom is 0.0762 e. The maximum atomic E-state index is 5.90. The first-order valence-corrected chi connectivity index (χ1v) is 7.50. The van der Waals surface area contributed by atoms with E-state index in [0.717, 1.165) is 23.7 Å². The minimum atomic E-state index is 0.279. The Morgan fingerprint density at radius 1 is 1.20 bits per heavy atom. The van der Waals surface area contributed by atoms with Gasteiger partial charge in [0.25, 0.3) is 0 Å². The number of hydrogen-bond acceptors (Lipinski definition) is 2. The van der Waals surface area contributed by atoms with Crippen LogP contribution in [0.4, 0.5) is 0 Å². The van der Waals surface area contributed by atoms with Crippen molar-refractivity contribution in [2.24, 2.45) is 0 Å². The second kappa shape index (κ2) is 6.91. The van der Waals surface area contributed by atoms with Crippen LogP contribution >= 0.6 is 11.6 Å². The van der Waals surface area contributed by atoms with Crippen LogP contribution in [0, 0.1) is 0 Å². The van der Waals surface area contributed by atoms with E-state index in [1.165, 1.54) is 5.56 Å². The van der Waals surface area contributed by atoms with Crippen LogP contribution in [0.25, 0.3) is 0 Å². The van der Waals surface area contributed by atoms with Crippen molar-refractivity contribution < 1.29 is 0 Å². The fourth-order valence-corrected chi connectivity index (χ4v) is 2.16. The molecule has 1 heterocycles. The molecule has 3 nitrogen and oxygen atoms in total. The van der Waals surface area contributed by atoms with Crippen LogP contribution in [-0.2, 0) is 6.54 Å². The lowest BCUT2D eigenvalue weighted by molar-refractivity contribution is 0.468. The molecule has 20 heavy (non-hydrogen) atoms. The SMILES string of the molecule is CCC(C)n1ccc(CN[C@@H](C)c2ccc(Cl)cc2)n1. The fraction of sp³-hybridized carbons (Fsp3) is 0.438. The van der Waals surface area contributed by atoms with Gasteiger partial charge in [0, 0.05) is 29.8 Å². The highest BCUT2D eigenvalue weighted by Crippen LogP contribution is 2.16. The van der Waals surface area contributed by atoms with E-state index in [2.05, 4.69) is 55.6 Å². The van der Waals surface area contributed by atoms with Gasteiger partial charge in [-0.15, -0.1) is 0 Å². The Hall–Kier alpha value is -1.32. The zero-order valence-electron chi connectivity index (χ0n) is 12.3. The van der Waals surface area contributed by atoms with Crippen molar-refractivity contribution in [3.8, 4) is 0 Å². The Balaban J connectivity index is 1.91. The highest BCUT2D eigenvalue weighted by Gasteiger charge is 2.07. The molecule has 1 aromatic carbocycles. The van der Waals surface area contributed by atoms with Crippen molar-refractivity contribution >= 4 is 11.6 Å². The zero-order valence-corrected chi connectivity index (χ0v) is 13.1. The third kappa shape index (κ3) is 3.84. The molecular formula is C16H22ClN3. The lowest BCUT2D eigenvalue weighted by atomic mass is 10.1. The van der Waals surface area contributed by atoms with Gasteiger partial charge in [0.2, 0.25) is 0 Å². The van der Waals surface area contributed by atoms with Crippen molar-refractivity contribution in [3.05, 3.63) is 52.8 Å². The van der Waals surface area contributed by atoms with E-state index in [9.17, 15) is 0 Å². The second-order valence-corrected chi connectivity index (χ2v) is 5.63. The molecule has 0 aliphatic carbocycles. The minimum absolute atomic E-state index is 0.279. The molecule has 0 spiro atoms. The van der Waals surface area contributed by atoms with Crippen LogP contribution in [0.15, 0.2) is 36.5 Å². The van der Waals surface area contributed by atoms with Gasteiger partial charge >= 0.3 is 0 Å². The van der Waals surface area contributed by atoms with Gasteiger partial charge < -0.3 is 5.32 Å². The van der Waals surface area contributed by atoms with E-state index in [-0.39, 0.29) is 6.04 Å². The number of rotatable bonds is 6. The van der Waals surface area contributed by atoms with Gasteiger partial charge in [-0.2, -0.15) is 5.10 Å². The molecule has 0 aliphatic heterocycles. The van der Waals surface area contributed by atoms with E-state index in [4.69, 9.17) is 11.6 Å². The molecule has 4 heteroatoms. The van der Waals surface area contributed by atoms with Crippen LogP contribution in [0.1, 0.15) is 50.5 Å². The summed E-state index contributed by atoms with van der Waals surface area (Å²) in [7, 11) is 0. The van der Waals surface area contributed by atoms with Gasteiger partial charge in [0.15, 0.2) is 0 Å². The van der Waals surface area contributed by atoms with E-state index < -0.39 is 0 Å². The zero-order chi connectivity index (χ0) is 14.5. The Morgan fingerprint density at radius 2 is 1.90 bits per heavy atom. The van der Waals surface area contributed by atoms with Crippen molar-refractivity contribution in [1.29, 1.82) is 0 Å². The van der Waals surface area contributed by atoms with Gasteiger partial charge in [-0.1, -0.05) is 30.7 Å². The van der Waals surface area contributed by atoms with Crippen molar-refractivity contribution in [2.45, 2.75) is 45.8 Å². The molecule has 1 aromatic heterocycles. The largest absolute Gasteiger partial charge is 0.304 e. The summed E-state index contributed by atoms with van der Waals surface area (Å²) in [6.07, 6.45) is 3.15. The van der Waals surface area contributed by atoms with E-state index in [1.54, 1.807) is 0 Å². The van der Waals surface area contributed by atoms with Gasteiger partial charge in [-0.25, -0.2) is 0 Å². The van der Waals surface area contributed by atoms with Crippen molar-refractivity contribution in [2.75, 3.05) is 0 Å². The Kier molecular flexibility index (Phi) is 5.21. The summed E-state index contributed by atoms with van der Waals surface area (Å²) in [6, 6.07) is 10.8. The number of aromatic nitrogens is 2. The lowest BCUT2D eigenvalue weighted by Crippen LogP contribution is -2.18. The molecule has 0 aliphatic rings. The number of halogens is 1. The van der Waals surface area contributed by atoms with Crippen LogP contribution in [-0.4, -0.2) is 9.78 Å². The van der Waals surface area contributed by atoms with E-state index >= 15 is 0 Å². The van der Waals surface area contributed by atoms with Gasteiger partial charge in [0.1, 0.15) is 0 Å². The summed E-state index contributed by atoms with van der Waals surface area (Å²) < 4.78 is 2.03. The van der Waals surface area contributed by atoms with E-state index in [0.29, 0.717) is 6.04 Å². The Labute approximate surface area is 126 Å². The lowest BCUT2D eigenvalue weighted by Gasteiger charge is -2.13. The summed E-state index contributed by atoms with van der Waals surface area (Å²) in [5, 5.41) is 8.85. The average molecular weight is 292 g/mol. The third-order valence-electron chi connectivity index (χ3n) is 3.67. The Bertz CT molecular complexity index is 533. The first-order valence-electron chi connectivity index (χ1n) is 7.13. The number of nitrogens with one attached hydrogen (secondary N) is 1. The predicted octanol–water partition coefficient (Wildman–Crippen LogP) is 4.36. The monoisotopic (exact) mass is 291 g/mol. The van der Waals surface area contributed by atoms with Gasteiger partial charge in [0.05, 0.1) is 5.69 Å². The first-order chi connectivity index (χ1) is 9.60. The van der Waals surface area contributed by atoms with Crippen molar-refractivity contribution in [3.63, 3.8) is 0 Å². The molecule has 2 atom stereocenters. The molecule has 0 bridgehead atoms. The summed E-state index contributed by atoms with van der Waals surface area (Å²) in [5.41, 5.74) is 2.31. The molecule has 2 rings (SSSR count). The standard InChI is InChI=1S/C16H22ClN3/c1-4-12(2)20-10-9-16(19-20)11-18-13(3)14-5-7-15(17)8-6-14/h5-10,12-13,18H,4,11H2,1-3H3/t12?,13-/m0/s1. The highest BCUT2D eigenvalue weighted by atomic mass is 35.5. The average Bonchev–Trinajstić information content (AvgIpc) is 2.93. The minimum Gasteiger partial charge on any atom is -0.304 e. The first kappa shape index (κ1) is 15.1. The second-order valence-electron chi connectivity index (χ2n) is 5.20. The molecule has 0 saturated carbocycles. The highest BCUT2D eigenvalue weighted by molar-refractivity contribution is 6.30. The Morgan fingerprint density at radius 3 is 2.55 bits per heavy atom. The molecule has 1 unspecified atom stereocenters. The molecule has 0 fully saturated rings. The van der Waals surface area contributed by atoms with Gasteiger partial charge in [-0.3, -0.25) is 4.68 Å². The normalized spacial score (nSPS) is 14.2. The summed E-state index contributed by atoms with van der Waals surface area (Å²) in [4.78, 5) is 0. The predicted molar refractivity (Wildman–Crippen MR) is 83.9 cm³/mol. The molecule has 2 aromatic rings. The maximum absolute atomic E-state index is 5.90. The third-order valence-corrected chi connectivity index (χ3v) is 3.92. The molecule has 108 valence electrons. The number of nitrogens with zero attached hydrogens (tertiary/aromatic N) is 2.